The second kappa shape index (κ2) is 7.60. The fourth-order valence-corrected chi connectivity index (χ4v) is 3.18. The van der Waals surface area contributed by atoms with Crippen LogP contribution in [-0.2, 0) is 4.79 Å². The summed E-state index contributed by atoms with van der Waals surface area (Å²) < 4.78 is 0. The van der Waals surface area contributed by atoms with Crippen molar-refractivity contribution in [3.63, 3.8) is 0 Å². The number of piperidine rings is 1. The third-order valence-electron chi connectivity index (χ3n) is 4.31. The number of rotatable bonds is 5. The molecule has 1 aliphatic heterocycles. The number of hydrogen-bond acceptors (Lipinski definition) is 2. The molecule has 1 atom stereocenters. The molecule has 0 N–H and O–H groups in total. The molecule has 3 heteroatoms. The van der Waals surface area contributed by atoms with E-state index in [1.54, 1.807) is 0 Å². The van der Waals surface area contributed by atoms with Gasteiger partial charge < -0.3 is 9.80 Å². The highest BCUT2D eigenvalue weighted by molar-refractivity contribution is 5.93. The molecule has 0 aromatic heterocycles. The van der Waals surface area contributed by atoms with Crippen molar-refractivity contribution in [1.29, 1.82) is 0 Å². The first-order chi connectivity index (χ1) is 10.1. The lowest BCUT2D eigenvalue weighted by molar-refractivity contribution is -0.119. The first-order valence-corrected chi connectivity index (χ1v) is 8.19. The molecule has 1 amide bonds. The zero-order chi connectivity index (χ0) is 15.2. The summed E-state index contributed by atoms with van der Waals surface area (Å²) in [7, 11) is 0. The Balaban J connectivity index is 1.91. The van der Waals surface area contributed by atoms with Crippen LogP contribution >= 0.6 is 0 Å². The molecule has 0 bridgehead atoms. The number of carbonyl (C=O) groups is 1. The van der Waals surface area contributed by atoms with Crippen molar-refractivity contribution in [1.82, 2.24) is 4.90 Å². The molecule has 0 aliphatic carbocycles. The Labute approximate surface area is 128 Å². The molecule has 0 spiro atoms. The first-order valence-electron chi connectivity index (χ1n) is 8.19. The molecule has 1 aliphatic rings. The molecule has 0 saturated carbocycles. The van der Waals surface area contributed by atoms with Crippen LogP contribution < -0.4 is 4.90 Å². The largest absolute Gasteiger partial charge is 0.313 e. The minimum absolute atomic E-state index is 0.237. The molecular weight excluding hydrogens is 260 g/mol. The van der Waals surface area contributed by atoms with Gasteiger partial charge in [-0.1, -0.05) is 19.1 Å². The number of benzene rings is 1. The van der Waals surface area contributed by atoms with Crippen LogP contribution in [0, 0.1) is 12.8 Å². The molecule has 116 valence electrons. The predicted octanol–water partition coefficient (Wildman–Crippen LogP) is 3.47. The number of hydrogen-bond donors (Lipinski definition) is 0. The Morgan fingerprint density at radius 2 is 2.24 bits per heavy atom. The number of anilines is 1. The van der Waals surface area contributed by atoms with Crippen molar-refractivity contribution in [3.05, 3.63) is 29.8 Å². The molecule has 0 radical (unpaired) electrons. The van der Waals surface area contributed by atoms with Crippen molar-refractivity contribution in [3.8, 4) is 0 Å². The Morgan fingerprint density at radius 3 is 2.90 bits per heavy atom. The zero-order valence-corrected chi connectivity index (χ0v) is 13.6. The average molecular weight is 288 g/mol. The molecule has 1 unspecified atom stereocenters. The van der Waals surface area contributed by atoms with Gasteiger partial charge in [0.2, 0.25) is 5.91 Å². The standard InChI is InChI=1S/C18H28N2O/c1-4-20(17-9-5-7-15(2)13-17)18(21)10-12-19-11-6-8-16(3)14-19/h5,7,9,13,16H,4,6,8,10-12,14H2,1-3H3. The zero-order valence-electron chi connectivity index (χ0n) is 13.6. The molecule has 1 heterocycles. The van der Waals surface area contributed by atoms with Crippen LogP contribution in [0.1, 0.15) is 38.7 Å². The molecule has 2 rings (SSSR count). The number of carbonyl (C=O) groups excluding carboxylic acids is 1. The fraction of sp³-hybridized carbons (Fsp3) is 0.611. The average Bonchev–Trinajstić information content (AvgIpc) is 2.46. The fourth-order valence-electron chi connectivity index (χ4n) is 3.18. The smallest absolute Gasteiger partial charge is 0.228 e. The summed E-state index contributed by atoms with van der Waals surface area (Å²) in [6.07, 6.45) is 3.22. The first kappa shape index (κ1) is 16.0. The molecule has 1 saturated heterocycles. The molecular formula is C18H28N2O. The topological polar surface area (TPSA) is 23.6 Å². The maximum absolute atomic E-state index is 12.5. The number of aryl methyl sites for hydroxylation is 1. The lowest BCUT2D eigenvalue weighted by Gasteiger charge is -2.31. The highest BCUT2D eigenvalue weighted by Gasteiger charge is 2.19. The SMILES string of the molecule is CCN(C(=O)CCN1CCCC(C)C1)c1cccc(C)c1. The van der Waals surface area contributed by atoms with E-state index in [2.05, 4.69) is 30.9 Å². The van der Waals surface area contributed by atoms with Gasteiger partial charge in [0, 0.05) is 31.7 Å². The van der Waals surface area contributed by atoms with E-state index >= 15 is 0 Å². The van der Waals surface area contributed by atoms with E-state index in [4.69, 9.17) is 0 Å². The minimum Gasteiger partial charge on any atom is -0.313 e. The number of likely N-dealkylation sites (tertiary alicyclic amines) is 1. The van der Waals surface area contributed by atoms with Crippen molar-refractivity contribution in [2.24, 2.45) is 5.92 Å². The summed E-state index contributed by atoms with van der Waals surface area (Å²) in [4.78, 5) is 16.9. The van der Waals surface area contributed by atoms with Gasteiger partial charge in [-0.3, -0.25) is 4.79 Å². The van der Waals surface area contributed by atoms with Gasteiger partial charge >= 0.3 is 0 Å². The normalized spacial score (nSPS) is 19.5. The monoisotopic (exact) mass is 288 g/mol. The Hall–Kier alpha value is -1.35. The van der Waals surface area contributed by atoms with Gasteiger partial charge in [0.25, 0.3) is 0 Å². The van der Waals surface area contributed by atoms with Gasteiger partial charge in [-0.25, -0.2) is 0 Å². The molecule has 1 fully saturated rings. The van der Waals surface area contributed by atoms with E-state index in [9.17, 15) is 4.79 Å². The van der Waals surface area contributed by atoms with Crippen LogP contribution in [0.3, 0.4) is 0 Å². The number of amides is 1. The maximum atomic E-state index is 12.5. The van der Waals surface area contributed by atoms with E-state index in [1.807, 2.05) is 24.0 Å². The van der Waals surface area contributed by atoms with Gasteiger partial charge in [-0.2, -0.15) is 0 Å². The van der Waals surface area contributed by atoms with E-state index in [0.29, 0.717) is 6.42 Å². The molecule has 3 nitrogen and oxygen atoms in total. The van der Waals surface area contributed by atoms with Crippen LogP contribution in [0.2, 0.25) is 0 Å². The minimum atomic E-state index is 0.237. The molecule has 21 heavy (non-hydrogen) atoms. The highest BCUT2D eigenvalue weighted by Crippen LogP contribution is 2.18. The quantitative estimate of drug-likeness (QED) is 0.828. The van der Waals surface area contributed by atoms with Crippen LogP contribution in [0.5, 0.6) is 0 Å². The van der Waals surface area contributed by atoms with Crippen LogP contribution in [-0.4, -0.2) is 37.0 Å². The second-order valence-electron chi connectivity index (χ2n) is 6.28. The van der Waals surface area contributed by atoms with E-state index in [1.165, 1.54) is 18.4 Å². The summed E-state index contributed by atoms with van der Waals surface area (Å²) >= 11 is 0. The van der Waals surface area contributed by atoms with Gasteiger partial charge in [0.15, 0.2) is 0 Å². The van der Waals surface area contributed by atoms with E-state index in [0.717, 1.165) is 37.8 Å². The van der Waals surface area contributed by atoms with Crippen LogP contribution in [0.4, 0.5) is 5.69 Å². The van der Waals surface area contributed by atoms with Gasteiger partial charge in [0.05, 0.1) is 0 Å². The summed E-state index contributed by atoms with van der Waals surface area (Å²) in [5, 5.41) is 0. The molecule has 1 aromatic carbocycles. The third kappa shape index (κ3) is 4.57. The molecule has 1 aromatic rings. The van der Waals surface area contributed by atoms with Gasteiger partial charge in [-0.15, -0.1) is 0 Å². The van der Waals surface area contributed by atoms with Crippen molar-refractivity contribution in [2.75, 3.05) is 31.1 Å². The highest BCUT2D eigenvalue weighted by atomic mass is 16.2. The second-order valence-corrected chi connectivity index (χ2v) is 6.28. The summed E-state index contributed by atoms with van der Waals surface area (Å²) in [5.74, 6) is 1.01. The van der Waals surface area contributed by atoms with Crippen molar-refractivity contribution in [2.45, 2.75) is 40.0 Å². The maximum Gasteiger partial charge on any atom is 0.228 e. The van der Waals surface area contributed by atoms with E-state index in [-0.39, 0.29) is 5.91 Å². The van der Waals surface area contributed by atoms with E-state index < -0.39 is 0 Å². The summed E-state index contributed by atoms with van der Waals surface area (Å²) in [5.41, 5.74) is 2.22. The third-order valence-corrected chi connectivity index (χ3v) is 4.31. The lowest BCUT2D eigenvalue weighted by atomic mass is 10.0. The predicted molar refractivity (Wildman–Crippen MR) is 88.7 cm³/mol. The summed E-state index contributed by atoms with van der Waals surface area (Å²) in [6.45, 7) is 10.3. The van der Waals surface area contributed by atoms with Gasteiger partial charge in [0.1, 0.15) is 0 Å². The van der Waals surface area contributed by atoms with Gasteiger partial charge in [-0.05, 0) is 56.8 Å². The Morgan fingerprint density at radius 1 is 1.43 bits per heavy atom. The Kier molecular flexibility index (Phi) is 5.80. The number of nitrogens with zero attached hydrogens (tertiary/aromatic N) is 2. The van der Waals surface area contributed by atoms with Crippen molar-refractivity contribution < 1.29 is 4.79 Å². The summed E-state index contributed by atoms with van der Waals surface area (Å²) in [6, 6.07) is 8.20. The van der Waals surface area contributed by atoms with Crippen LogP contribution in [0.25, 0.3) is 0 Å². The van der Waals surface area contributed by atoms with Crippen LogP contribution in [0.15, 0.2) is 24.3 Å². The van der Waals surface area contributed by atoms with Crippen molar-refractivity contribution >= 4 is 11.6 Å². The lowest BCUT2D eigenvalue weighted by Crippen LogP contribution is -2.38. The Bertz CT molecular complexity index is 472.